The monoisotopic (exact) mass is 282 g/mol. The molecule has 1 amide bonds. The minimum Gasteiger partial charge on any atom is -0.494 e. The molecule has 1 heterocycles. The van der Waals surface area contributed by atoms with Crippen molar-refractivity contribution >= 4 is 17.3 Å². The van der Waals surface area contributed by atoms with Crippen molar-refractivity contribution in [3.8, 4) is 5.75 Å². The summed E-state index contributed by atoms with van der Waals surface area (Å²) in [7, 11) is 0. The molecule has 2 aromatic carbocycles. The fourth-order valence-corrected chi connectivity index (χ4v) is 2.44. The number of rotatable bonds is 4. The summed E-state index contributed by atoms with van der Waals surface area (Å²) in [6.45, 7) is 3.52. The van der Waals surface area contributed by atoms with Crippen molar-refractivity contribution in [1.29, 1.82) is 0 Å². The van der Waals surface area contributed by atoms with E-state index in [0.717, 1.165) is 30.1 Å². The lowest BCUT2D eigenvalue weighted by Gasteiger charge is -2.08. The van der Waals surface area contributed by atoms with Gasteiger partial charge in [0.2, 0.25) is 0 Å². The Bertz CT molecular complexity index is 650. The topological polar surface area (TPSA) is 50.4 Å². The summed E-state index contributed by atoms with van der Waals surface area (Å²) < 4.78 is 5.38. The third kappa shape index (κ3) is 2.99. The van der Waals surface area contributed by atoms with E-state index in [4.69, 9.17) is 4.74 Å². The van der Waals surface area contributed by atoms with Gasteiger partial charge >= 0.3 is 0 Å². The van der Waals surface area contributed by atoms with Crippen molar-refractivity contribution in [2.45, 2.75) is 13.3 Å². The van der Waals surface area contributed by atoms with Crippen LogP contribution in [0.3, 0.4) is 0 Å². The second-order valence-corrected chi connectivity index (χ2v) is 4.96. The Balaban J connectivity index is 1.71. The van der Waals surface area contributed by atoms with Gasteiger partial charge in [0, 0.05) is 23.5 Å². The van der Waals surface area contributed by atoms with Gasteiger partial charge in [0.1, 0.15) is 5.75 Å². The highest BCUT2D eigenvalue weighted by molar-refractivity contribution is 6.05. The van der Waals surface area contributed by atoms with Gasteiger partial charge in [0.25, 0.3) is 5.91 Å². The predicted octanol–water partition coefficient (Wildman–Crippen LogP) is 3.31. The van der Waals surface area contributed by atoms with Crippen molar-refractivity contribution in [3.63, 3.8) is 0 Å². The Morgan fingerprint density at radius 1 is 1.24 bits per heavy atom. The number of hydrogen-bond donors (Lipinski definition) is 2. The molecule has 0 radical (unpaired) electrons. The fraction of sp³-hybridized carbons (Fsp3) is 0.235. The van der Waals surface area contributed by atoms with Crippen LogP contribution in [0.1, 0.15) is 22.8 Å². The molecule has 0 unspecified atom stereocenters. The maximum Gasteiger partial charge on any atom is 0.255 e. The third-order valence-corrected chi connectivity index (χ3v) is 3.51. The molecule has 0 atom stereocenters. The number of hydrogen-bond acceptors (Lipinski definition) is 3. The van der Waals surface area contributed by atoms with Crippen LogP contribution in [0.4, 0.5) is 11.4 Å². The Hall–Kier alpha value is -2.49. The van der Waals surface area contributed by atoms with Crippen molar-refractivity contribution < 1.29 is 9.53 Å². The predicted molar refractivity (Wildman–Crippen MR) is 84.2 cm³/mol. The van der Waals surface area contributed by atoms with E-state index in [1.165, 1.54) is 5.56 Å². The molecule has 21 heavy (non-hydrogen) atoms. The van der Waals surface area contributed by atoms with Gasteiger partial charge in [-0.25, -0.2) is 0 Å². The van der Waals surface area contributed by atoms with Gasteiger partial charge in [0.15, 0.2) is 0 Å². The van der Waals surface area contributed by atoms with E-state index >= 15 is 0 Å². The van der Waals surface area contributed by atoms with Gasteiger partial charge < -0.3 is 15.4 Å². The van der Waals surface area contributed by atoms with Crippen LogP contribution in [0.25, 0.3) is 0 Å². The molecule has 1 aliphatic heterocycles. The molecule has 4 nitrogen and oxygen atoms in total. The minimum atomic E-state index is -0.101. The number of fused-ring (bicyclic) bond motifs is 1. The Kier molecular flexibility index (Phi) is 3.77. The van der Waals surface area contributed by atoms with Crippen LogP contribution in [-0.4, -0.2) is 19.1 Å². The first-order valence-electron chi connectivity index (χ1n) is 7.17. The van der Waals surface area contributed by atoms with E-state index in [2.05, 4.69) is 10.6 Å². The van der Waals surface area contributed by atoms with Crippen molar-refractivity contribution in [1.82, 2.24) is 0 Å². The lowest BCUT2D eigenvalue weighted by Crippen LogP contribution is -2.12. The van der Waals surface area contributed by atoms with Gasteiger partial charge in [-0.15, -0.1) is 0 Å². The zero-order valence-corrected chi connectivity index (χ0v) is 12.0. The molecule has 1 aliphatic rings. The van der Waals surface area contributed by atoms with Crippen LogP contribution in [0.2, 0.25) is 0 Å². The maximum atomic E-state index is 12.3. The highest BCUT2D eigenvalue weighted by Crippen LogP contribution is 2.24. The standard InChI is InChI=1S/C17H18N2O2/c1-2-21-15-7-5-14(6-8-15)19-17(20)13-4-3-12-9-10-18-16(12)11-13/h3-8,11,18H,2,9-10H2,1H3,(H,19,20). The number of carbonyl (C=O) groups excluding carboxylic acids is 1. The van der Waals surface area contributed by atoms with Crippen LogP contribution in [0.15, 0.2) is 42.5 Å². The first kappa shape index (κ1) is 13.5. The molecule has 0 saturated heterocycles. The summed E-state index contributed by atoms with van der Waals surface area (Å²) in [6, 6.07) is 13.2. The summed E-state index contributed by atoms with van der Waals surface area (Å²) in [5.74, 6) is 0.702. The average molecular weight is 282 g/mol. The summed E-state index contributed by atoms with van der Waals surface area (Å²) in [6.07, 6.45) is 1.02. The number of benzene rings is 2. The van der Waals surface area contributed by atoms with Gasteiger partial charge in [-0.2, -0.15) is 0 Å². The Morgan fingerprint density at radius 3 is 2.81 bits per heavy atom. The lowest BCUT2D eigenvalue weighted by atomic mass is 10.1. The molecule has 0 bridgehead atoms. The maximum absolute atomic E-state index is 12.3. The molecular formula is C17H18N2O2. The Morgan fingerprint density at radius 2 is 2.05 bits per heavy atom. The molecule has 2 N–H and O–H groups in total. The summed E-state index contributed by atoms with van der Waals surface area (Å²) in [4.78, 5) is 12.3. The van der Waals surface area contributed by atoms with Crippen LogP contribution in [0.5, 0.6) is 5.75 Å². The molecule has 3 rings (SSSR count). The highest BCUT2D eigenvalue weighted by atomic mass is 16.5. The summed E-state index contributed by atoms with van der Waals surface area (Å²) >= 11 is 0. The lowest BCUT2D eigenvalue weighted by molar-refractivity contribution is 0.102. The van der Waals surface area contributed by atoms with Crippen molar-refractivity contribution in [2.24, 2.45) is 0 Å². The number of amides is 1. The van der Waals surface area contributed by atoms with E-state index in [1.54, 1.807) is 0 Å². The Labute approximate surface area is 124 Å². The minimum absolute atomic E-state index is 0.101. The number of anilines is 2. The van der Waals surface area contributed by atoms with E-state index in [9.17, 15) is 4.79 Å². The van der Waals surface area contributed by atoms with Crippen LogP contribution < -0.4 is 15.4 Å². The van der Waals surface area contributed by atoms with E-state index < -0.39 is 0 Å². The number of ether oxygens (including phenoxy) is 1. The number of nitrogens with one attached hydrogen (secondary N) is 2. The highest BCUT2D eigenvalue weighted by Gasteiger charge is 2.13. The summed E-state index contributed by atoms with van der Waals surface area (Å²) in [5.41, 5.74) is 3.76. The zero-order valence-electron chi connectivity index (χ0n) is 12.0. The average Bonchev–Trinajstić information content (AvgIpc) is 2.97. The first-order chi connectivity index (χ1) is 10.3. The molecule has 0 fully saturated rings. The van der Waals surface area contributed by atoms with Gasteiger partial charge in [-0.3, -0.25) is 4.79 Å². The molecule has 4 heteroatoms. The van der Waals surface area contributed by atoms with Crippen LogP contribution in [0, 0.1) is 0 Å². The second kappa shape index (κ2) is 5.87. The molecule has 0 aliphatic carbocycles. The molecule has 0 saturated carbocycles. The van der Waals surface area contributed by atoms with E-state index in [1.807, 2.05) is 49.4 Å². The van der Waals surface area contributed by atoms with Crippen LogP contribution in [-0.2, 0) is 6.42 Å². The largest absolute Gasteiger partial charge is 0.494 e. The zero-order chi connectivity index (χ0) is 14.7. The second-order valence-electron chi connectivity index (χ2n) is 4.96. The molecule has 0 spiro atoms. The van der Waals surface area contributed by atoms with Gasteiger partial charge in [-0.1, -0.05) is 6.07 Å². The fourth-order valence-electron chi connectivity index (χ4n) is 2.44. The van der Waals surface area contributed by atoms with Gasteiger partial charge in [0.05, 0.1) is 6.61 Å². The van der Waals surface area contributed by atoms with E-state index in [-0.39, 0.29) is 5.91 Å². The van der Waals surface area contributed by atoms with Crippen molar-refractivity contribution in [3.05, 3.63) is 53.6 Å². The van der Waals surface area contributed by atoms with E-state index in [0.29, 0.717) is 12.2 Å². The quantitative estimate of drug-likeness (QED) is 0.904. The molecule has 0 aromatic heterocycles. The van der Waals surface area contributed by atoms with Crippen LogP contribution >= 0.6 is 0 Å². The smallest absolute Gasteiger partial charge is 0.255 e. The SMILES string of the molecule is CCOc1ccc(NC(=O)c2ccc3c(c2)NCC3)cc1. The molecule has 2 aromatic rings. The third-order valence-electron chi connectivity index (χ3n) is 3.51. The van der Waals surface area contributed by atoms with Crippen molar-refractivity contribution in [2.75, 3.05) is 23.8 Å². The normalized spacial score (nSPS) is 12.4. The summed E-state index contributed by atoms with van der Waals surface area (Å²) in [5, 5.41) is 6.18. The molecular weight excluding hydrogens is 264 g/mol. The first-order valence-corrected chi connectivity index (χ1v) is 7.17. The molecule has 108 valence electrons. The number of carbonyl (C=O) groups is 1. The van der Waals surface area contributed by atoms with Gasteiger partial charge in [-0.05, 0) is 55.3 Å².